The van der Waals surface area contributed by atoms with Gasteiger partial charge in [-0.05, 0) is 62.1 Å². The Hall–Kier alpha value is -2.53. The Balaban J connectivity index is 1.79. The number of hydrazone groups is 1. The number of nitrogens with one attached hydrogen (secondary N) is 1. The van der Waals surface area contributed by atoms with Gasteiger partial charge in [-0.2, -0.15) is 5.10 Å². The van der Waals surface area contributed by atoms with Gasteiger partial charge in [0.25, 0.3) is 5.91 Å². The Morgan fingerprint density at radius 3 is 2.82 bits per heavy atom. The zero-order chi connectivity index (χ0) is 20.5. The summed E-state index contributed by atoms with van der Waals surface area (Å²) in [5.74, 6) is 0.728. The SMILES string of the molecule is COc1cccc(C(=O)N/N=C\c2cc3c(cc2Cl)N(C)C(C)(C)C[C@H]3C)c1. The van der Waals surface area contributed by atoms with Crippen molar-refractivity contribution in [1.29, 1.82) is 0 Å². The molecule has 0 aromatic heterocycles. The molecule has 3 rings (SSSR count). The Kier molecular flexibility index (Phi) is 5.66. The van der Waals surface area contributed by atoms with E-state index < -0.39 is 0 Å². The maximum atomic E-state index is 12.3. The van der Waals surface area contributed by atoms with Crippen LogP contribution in [0.15, 0.2) is 41.5 Å². The maximum Gasteiger partial charge on any atom is 0.271 e. The van der Waals surface area contributed by atoms with Crippen LogP contribution in [-0.4, -0.2) is 31.8 Å². The largest absolute Gasteiger partial charge is 0.497 e. The molecule has 0 fully saturated rings. The van der Waals surface area contributed by atoms with Gasteiger partial charge in [-0.25, -0.2) is 5.43 Å². The highest BCUT2D eigenvalue weighted by Crippen LogP contribution is 2.44. The first-order chi connectivity index (χ1) is 13.2. The molecule has 0 bridgehead atoms. The van der Waals surface area contributed by atoms with Crippen LogP contribution in [0.25, 0.3) is 0 Å². The monoisotopic (exact) mass is 399 g/mol. The molecule has 5 nitrogen and oxygen atoms in total. The molecular formula is C22H26ClN3O2. The molecule has 0 saturated heterocycles. The van der Waals surface area contributed by atoms with Gasteiger partial charge in [0, 0.05) is 29.4 Å². The summed E-state index contributed by atoms with van der Waals surface area (Å²) in [6, 6.07) is 11.0. The molecule has 2 aromatic carbocycles. The van der Waals surface area contributed by atoms with E-state index in [9.17, 15) is 4.79 Å². The predicted molar refractivity (Wildman–Crippen MR) is 115 cm³/mol. The maximum absolute atomic E-state index is 12.3. The Morgan fingerprint density at radius 2 is 2.11 bits per heavy atom. The standard InChI is InChI=1S/C22H26ClN3O2/c1-14-12-22(2,3)26(4)20-11-19(23)16(10-18(14)20)13-24-25-21(27)15-7-6-8-17(9-15)28-5/h6-11,13-14H,12H2,1-5H3,(H,25,27)/b24-13-/t14-/m1/s1. The summed E-state index contributed by atoms with van der Waals surface area (Å²) in [4.78, 5) is 14.5. The molecule has 0 unspecified atom stereocenters. The average Bonchev–Trinajstić information content (AvgIpc) is 2.66. The Bertz CT molecular complexity index is 924. The third-order valence-corrected chi connectivity index (χ3v) is 5.78. The molecule has 1 aliphatic rings. The molecule has 148 valence electrons. The van der Waals surface area contributed by atoms with E-state index in [1.54, 1.807) is 37.6 Å². The highest BCUT2D eigenvalue weighted by molar-refractivity contribution is 6.33. The highest BCUT2D eigenvalue weighted by atomic mass is 35.5. The fourth-order valence-corrected chi connectivity index (χ4v) is 3.90. The summed E-state index contributed by atoms with van der Waals surface area (Å²) < 4.78 is 5.14. The van der Waals surface area contributed by atoms with Gasteiger partial charge in [0.2, 0.25) is 0 Å². The molecule has 0 radical (unpaired) electrons. The topological polar surface area (TPSA) is 53.9 Å². The van der Waals surface area contributed by atoms with E-state index in [-0.39, 0.29) is 11.4 Å². The average molecular weight is 400 g/mol. The number of nitrogens with zero attached hydrogens (tertiary/aromatic N) is 2. The van der Waals surface area contributed by atoms with Crippen LogP contribution in [0.2, 0.25) is 5.02 Å². The van der Waals surface area contributed by atoms with Crippen molar-refractivity contribution in [3.63, 3.8) is 0 Å². The third kappa shape index (κ3) is 3.99. The van der Waals surface area contributed by atoms with Crippen LogP contribution >= 0.6 is 11.6 Å². The number of anilines is 1. The van der Waals surface area contributed by atoms with E-state index in [1.807, 2.05) is 6.07 Å². The normalized spacial score (nSPS) is 18.1. The zero-order valence-corrected chi connectivity index (χ0v) is 17.7. The molecule has 1 N–H and O–H groups in total. The van der Waals surface area contributed by atoms with E-state index in [0.29, 0.717) is 22.3 Å². The summed E-state index contributed by atoms with van der Waals surface area (Å²) in [5, 5.41) is 4.70. The summed E-state index contributed by atoms with van der Waals surface area (Å²) in [6.45, 7) is 6.71. The van der Waals surface area contributed by atoms with Gasteiger partial charge in [0.1, 0.15) is 5.75 Å². The molecular weight excluding hydrogens is 374 g/mol. The smallest absolute Gasteiger partial charge is 0.271 e. The van der Waals surface area contributed by atoms with E-state index in [2.05, 4.69) is 49.3 Å². The van der Waals surface area contributed by atoms with Crippen LogP contribution in [0.5, 0.6) is 5.75 Å². The lowest BCUT2D eigenvalue weighted by Crippen LogP contribution is -2.45. The molecule has 2 aromatic rings. The number of halogens is 1. The molecule has 1 aliphatic heterocycles. The van der Waals surface area contributed by atoms with Crippen molar-refractivity contribution >= 4 is 29.4 Å². The van der Waals surface area contributed by atoms with Gasteiger partial charge in [0.15, 0.2) is 0 Å². The van der Waals surface area contributed by atoms with Crippen LogP contribution in [0.1, 0.15) is 54.6 Å². The molecule has 0 aliphatic carbocycles. The number of benzene rings is 2. The van der Waals surface area contributed by atoms with E-state index in [1.165, 1.54) is 5.56 Å². The first-order valence-electron chi connectivity index (χ1n) is 9.27. The minimum Gasteiger partial charge on any atom is -0.497 e. The van der Waals surface area contributed by atoms with Crippen molar-refractivity contribution in [2.45, 2.75) is 38.6 Å². The van der Waals surface area contributed by atoms with Gasteiger partial charge < -0.3 is 9.64 Å². The molecule has 6 heteroatoms. The number of methoxy groups -OCH3 is 1. The summed E-state index contributed by atoms with van der Waals surface area (Å²) in [6.07, 6.45) is 2.65. The molecule has 0 spiro atoms. The van der Waals surface area contributed by atoms with Crippen molar-refractivity contribution in [2.24, 2.45) is 5.10 Å². The minimum atomic E-state index is -0.306. The molecule has 1 amide bonds. The minimum absolute atomic E-state index is 0.0794. The summed E-state index contributed by atoms with van der Waals surface area (Å²) in [7, 11) is 3.66. The van der Waals surface area contributed by atoms with Gasteiger partial charge in [-0.3, -0.25) is 4.79 Å². The fourth-order valence-electron chi connectivity index (χ4n) is 3.69. The molecule has 1 heterocycles. The van der Waals surface area contributed by atoms with E-state index >= 15 is 0 Å². The van der Waals surface area contributed by atoms with Crippen LogP contribution < -0.4 is 15.1 Å². The number of carbonyl (C=O) groups is 1. The second-order valence-electron chi connectivity index (χ2n) is 7.84. The van der Waals surface area contributed by atoms with Crippen LogP contribution in [0.3, 0.4) is 0 Å². The first kappa shape index (κ1) is 20.2. The van der Waals surface area contributed by atoms with E-state index in [0.717, 1.165) is 17.7 Å². The third-order valence-electron chi connectivity index (χ3n) is 5.45. The van der Waals surface area contributed by atoms with Gasteiger partial charge in [-0.1, -0.05) is 24.6 Å². The van der Waals surface area contributed by atoms with Crippen molar-refractivity contribution in [3.8, 4) is 5.75 Å². The number of hydrogen-bond donors (Lipinski definition) is 1. The Labute approximate surface area is 171 Å². The van der Waals surface area contributed by atoms with Crippen molar-refractivity contribution in [2.75, 3.05) is 19.1 Å². The lowest BCUT2D eigenvalue weighted by Gasteiger charge is -2.45. The Morgan fingerprint density at radius 1 is 1.36 bits per heavy atom. The zero-order valence-electron chi connectivity index (χ0n) is 16.9. The number of amides is 1. The number of ether oxygens (including phenoxy) is 1. The lowest BCUT2D eigenvalue weighted by molar-refractivity contribution is 0.0955. The van der Waals surface area contributed by atoms with Gasteiger partial charge >= 0.3 is 0 Å². The molecule has 28 heavy (non-hydrogen) atoms. The number of rotatable bonds is 4. The lowest BCUT2D eigenvalue weighted by atomic mass is 9.80. The number of carbonyl (C=O) groups excluding carboxylic acids is 1. The van der Waals surface area contributed by atoms with Crippen LogP contribution in [0, 0.1) is 0 Å². The second kappa shape index (κ2) is 7.84. The molecule has 0 saturated carbocycles. The van der Waals surface area contributed by atoms with Crippen LogP contribution in [-0.2, 0) is 0 Å². The first-order valence-corrected chi connectivity index (χ1v) is 9.65. The van der Waals surface area contributed by atoms with Gasteiger partial charge in [0.05, 0.1) is 18.3 Å². The van der Waals surface area contributed by atoms with Crippen molar-refractivity contribution in [3.05, 3.63) is 58.1 Å². The van der Waals surface area contributed by atoms with Crippen LogP contribution in [0.4, 0.5) is 5.69 Å². The van der Waals surface area contributed by atoms with E-state index in [4.69, 9.17) is 16.3 Å². The number of fused-ring (bicyclic) bond motifs is 1. The second-order valence-corrected chi connectivity index (χ2v) is 8.25. The summed E-state index contributed by atoms with van der Waals surface area (Å²) in [5.41, 5.74) is 6.27. The number of hydrogen-bond acceptors (Lipinski definition) is 4. The predicted octanol–water partition coefficient (Wildman–Crippen LogP) is 4.83. The highest BCUT2D eigenvalue weighted by Gasteiger charge is 2.34. The van der Waals surface area contributed by atoms with Crippen molar-refractivity contribution in [1.82, 2.24) is 5.43 Å². The fraction of sp³-hybridized carbons (Fsp3) is 0.364. The van der Waals surface area contributed by atoms with Crippen molar-refractivity contribution < 1.29 is 9.53 Å². The quantitative estimate of drug-likeness (QED) is 0.591. The molecule has 1 atom stereocenters. The van der Waals surface area contributed by atoms with Gasteiger partial charge in [-0.15, -0.1) is 0 Å². The summed E-state index contributed by atoms with van der Waals surface area (Å²) >= 11 is 6.49.